The van der Waals surface area contributed by atoms with Crippen LogP contribution in [0, 0.1) is 0 Å². The molecule has 3 rings (SSSR count). The number of unbranched alkanes of at least 4 members (excludes halogenated alkanes) is 1. The van der Waals surface area contributed by atoms with Gasteiger partial charge in [0.1, 0.15) is 5.75 Å². The van der Waals surface area contributed by atoms with Crippen molar-refractivity contribution >= 4 is 15.9 Å². The number of hydrogen-bond donors (Lipinski definition) is 1. The Labute approximate surface area is 193 Å². The summed E-state index contributed by atoms with van der Waals surface area (Å²) in [4.78, 5) is 16.8. The Balaban J connectivity index is 1.53. The van der Waals surface area contributed by atoms with Crippen LogP contribution in [-0.4, -0.2) is 49.5 Å². The second kappa shape index (κ2) is 11.1. The van der Waals surface area contributed by atoms with Crippen molar-refractivity contribution in [2.45, 2.75) is 37.6 Å². The minimum absolute atomic E-state index is 0.0720. The van der Waals surface area contributed by atoms with E-state index in [1.54, 1.807) is 42.5 Å². The summed E-state index contributed by atoms with van der Waals surface area (Å²) >= 11 is 0. The highest BCUT2D eigenvalue weighted by atomic mass is 32.2. The van der Waals surface area contributed by atoms with Gasteiger partial charge in [-0.15, -0.1) is 0 Å². The fourth-order valence-corrected chi connectivity index (χ4v) is 4.11. The van der Waals surface area contributed by atoms with Gasteiger partial charge in [-0.05, 0) is 42.3 Å². The summed E-state index contributed by atoms with van der Waals surface area (Å²) in [6.45, 7) is 1.97. The molecule has 10 heteroatoms. The predicted octanol–water partition coefficient (Wildman–Crippen LogP) is 3.02. The molecule has 0 atom stereocenters. The number of nitrogens with one attached hydrogen (secondary N) is 1. The molecule has 3 aromatic rings. The molecule has 33 heavy (non-hydrogen) atoms. The molecule has 176 valence electrons. The monoisotopic (exact) mass is 472 g/mol. The minimum atomic E-state index is -3.61. The van der Waals surface area contributed by atoms with E-state index in [0.717, 1.165) is 29.1 Å². The highest BCUT2D eigenvalue weighted by Crippen LogP contribution is 2.21. The first-order valence-electron chi connectivity index (χ1n) is 10.6. The van der Waals surface area contributed by atoms with Crippen molar-refractivity contribution in [3.05, 3.63) is 60.0 Å². The summed E-state index contributed by atoms with van der Waals surface area (Å²) in [6.07, 6.45) is 2.80. The molecule has 0 bridgehead atoms. The molecule has 0 radical (unpaired) electrons. The van der Waals surface area contributed by atoms with Crippen molar-refractivity contribution < 1.29 is 22.5 Å². The van der Waals surface area contributed by atoms with Gasteiger partial charge in [0.2, 0.25) is 21.7 Å². The minimum Gasteiger partial charge on any atom is -0.484 e. The Morgan fingerprint density at radius 2 is 1.85 bits per heavy atom. The first-order chi connectivity index (χ1) is 15.8. The summed E-state index contributed by atoms with van der Waals surface area (Å²) < 4.78 is 36.8. The molecule has 1 N–H and O–H groups in total. The van der Waals surface area contributed by atoms with Crippen LogP contribution in [0.15, 0.2) is 57.9 Å². The summed E-state index contributed by atoms with van der Waals surface area (Å²) in [5.74, 6) is 1.27. The second-order valence-corrected chi connectivity index (χ2v) is 9.72. The normalized spacial score (nSPS) is 11.5. The van der Waals surface area contributed by atoms with Gasteiger partial charge < -0.3 is 14.6 Å². The maximum atomic E-state index is 12.5. The summed E-state index contributed by atoms with van der Waals surface area (Å²) in [6, 6.07) is 13.6. The second-order valence-electron chi connectivity index (χ2n) is 7.60. The van der Waals surface area contributed by atoms with Crippen molar-refractivity contribution in [3.63, 3.8) is 0 Å². The summed E-state index contributed by atoms with van der Waals surface area (Å²) in [5, 5.41) is 6.69. The number of aryl methyl sites for hydroxylation is 1. The van der Waals surface area contributed by atoms with E-state index in [-0.39, 0.29) is 24.0 Å². The van der Waals surface area contributed by atoms with Gasteiger partial charge in [0.05, 0.1) is 4.90 Å². The van der Waals surface area contributed by atoms with Crippen LogP contribution in [-0.2, 0) is 27.8 Å². The molecule has 1 heterocycles. The summed E-state index contributed by atoms with van der Waals surface area (Å²) in [5.41, 5.74) is 1.29. The number of rotatable bonds is 11. The fourth-order valence-electron chi connectivity index (χ4n) is 2.99. The van der Waals surface area contributed by atoms with Crippen molar-refractivity contribution in [1.29, 1.82) is 0 Å². The van der Waals surface area contributed by atoms with Gasteiger partial charge in [-0.2, -0.15) is 4.98 Å². The topological polar surface area (TPSA) is 115 Å². The van der Waals surface area contributed by atoms with Crippen molar-refractivity contribution in [2.75, 3.05) is 20.7 Å². The molecular weight excluding hydrogens is 444 g/mol. The van der Waals surface area contributed by atoms with Gasteiger partial charge in [0.15, 0.2) is 6.61 Å². The van der Waals surface area contributed by atoms with Crippen molar-refractivity contribution in [1.82, 2.24) is 19.8 Å². The van der Waals surface area contributed by atoms with Gasteiger partial charge in [-0.25, -0.2) is 12.7 Å². The Kier molecular flexibility index (Phi) is 8.18. The van der Waals surface area contributed by atoms with Crippen molar-refractivity contribution in [2.24, 2.45) is 0 Å². The molecule has 2 aromatic carbocycles. The van der Waals surface area contributed by atoms with Crippen LogP contribution < -0.4 is 10.1 Å². The fraction of sp³-hybridized carbons (Fsp3) is 0.348. The van der Waals surface area contributed by atoms with E-state index < -0.39 is 10.0 Å². The number of amides is 1. The molecule has 1 amide bonds. The molecule has 0 unspecified atom stereocenters. The lowest BCUT2D eigenvalue weighted by Gasteiger charge is -2.15. The van der Waals surface area contributed by atoms with Gasteiger partial charge in [0.25, 0.3) is 5.91 Å². The van der Waals surface area contributed by atoms with Crippen LogP contribution in [0.5, 0.6) is 5.75 Å². The first kappa shape index (κ1) is 24.4. The molecule has 0 fully saturated rings. The van der Waals surface area contributed by atoms with Gasteiger partial charge in [-0.1, -0.05) is 36.7 Å². The quantitative estimate of drug-likeness (QED) is 0.456. The van der Waals surface area contributed by atoms with Gasteiger partial charge in [-0.3, -0.25) is 4.79 Å². The van der Waals surface area contributed by atoms with E-state index in [1.807, 2.05) is 0 Å². The van der Waals surface area contributed by atoms with Crippen LogP contribution in [0.1, 0.15) is 31.2 Å². The molecule has 9 nitrogen and oxygen atoms in total. The Hall–Kier alpha value is -3.24. The van der Waals surface area contributed by atoms with Crippen LogP contribution in [0.25, 0.3) is 11.4 Å². The maximum Gasteiger partial charge on any atom is 0.258 e. The standard InChI is InChI=1S/C23H28N4O5S/c1-4-5-10-22-25-23(26-32-22)17-11-13-19(14-12-17)31-16-21(28)24-15-18-8-6-7-9-20(18)33(29,30)27(2)3/h6-9,11-14H,4-5,10,15-16H2,1-3H3,(H,24,28). The number of aromatic nitrogens is 2. The van der Waals surface area contributed by atoms with E-state index in [0.29, 0.717) is 23.0 Å². The third kappa shape index (κ3) is 6.39. The van der Waals surface area contributed by atoms with Gasteiger partial charge in [0, 0.05) is 32.6 Å². The first-order valence-corrected chi connectivity index (χ1v) is 12.1. The largest absolute Gasteiger partial charge is 0.484 e. The third-order valence-electron chi connectivity index (χ3n) is 4.90. The number of hydrogen-bond acceptors (Lipinski definition) is 7. The zero-order chi connectivity index (χ0) is 23.8. The summed E-state index contributed by atoms with van der Waals surface area (Å²) in [7, 11) is -0.675. The van der Waals surface area contributed by atoms with Crippen LogP contribution in [0.3, 0.4) is 0 Å². The molecule has 0 aliphatic heterocycles. The highest BCUT2D eigenvalue weighted by Gasteiger charge is 2.20. The van der Waals surface area contributed by atoms with Crippen LogP contribution in [0.2, 0.25) is 0 Å². The number of benzene rings is 2. The zero-order valence-electron chi connectivity index (χ0n) is 18.9. The maximum absolute atomic E-state index is 12.5. The average Bonchev–Trinajstić information content (AvgIpc) is 3.29. The van der Waals surface area contributed by atoms with E-state index in [9.17, 15) is 13.2 Å². The average molecular weight is 473 g/mol. The Bertz CT molecular complexity index is 1170. The number of sulfonamides is 1. The van der Waals surface area contributed by atoms with E-state index >= 15 is 0 Å². The molecular formula is C23H28N4O5S. The lowest BCUT2D eigenvalue weighted by molar-refractivity contribution is -0.123. The smallest absolute Gasteiger partial charge is 0.258 e. The van der Waals surface area contributed by atoms with Crippen LogP contribution in [0.4, 0.5) is 0 Å². The van der Waals surface area contributed by atoms with E-state index in [4.69, 9.17) is 9.26 Å². The van der Waals surface area contributed by atoms with E-state index in [1.165, 1.54) is 20.2 Å². The zero-order valence-corrected chi connectivity index (χ0v) is 19.8. The number of carbonyl (C=O) groups excluding carboxylic acids is 1. The Morgan fingerprint density at radius 1 is 1.12 bits per heavy atom. The lowest BCUT2D eigenvalue weighted by atomic mass is 10.2. The molecule has 0 saturated carbocycles. The predicted molar refractivity (Wildman–Crippen MR) is 123 cm³/mol. The SMILES string of the molecule is CCCCc1nc(-c2ccc(OCC(=O)NCc3ccccc3S(=O)(=O)N(C)C)cc2)no1. The van der Waals surface area contributed by atoms with Gasteiger partial charge >= 0.3 is 0 Å². The van der Waals surface area contributed by atoms with Crippen molar-refractivity contribution in [3.8, 4) is 17.1 Å². The third-order valence-corrected chi connectivity index (χ3v) is 6.82. The number of nitrogens with zero attached hydrogens (tertiary/aromatic N) is 3. The molecule has 0 aliphatic rings. The highest BCUT2D eigenvalue weighted by molar-refractivity contribution is 7.89. The molecule has 0 saturated heterocycles. The Morgan fingerprint density at radius 3 is 2.55 bits per heavy atom. The molecule has 1 aromatic heterocycles. The molecule has 0 aliphatic carbocycles. The van der Waals surface area contributed by atoms with E-state index in [2.05, 4.69) is 22.4 Å². The van der Waals surface area contributed by atoms with Crippen LogP contribution >= 0.6 is 0 Å². The lowest BCUT2D eigenvalue weighted by Crippen LogP contribution is -2.30. The number of ether oxygens (including phenoxy) is 1. The number of carbonyl (C=O) groups is 1. The molecule has 0 spiro atoms.